The lowest BCUT2D eigenvalue weighted by molar-refractivity contribution is -0.137. The van der Waals surface area contributed by atoms with E-state index in [2.05, 4.69) is 4.72 Å². The van der Waals surface area contributed by atoms with E-state index in [1.807, 2.05) is 4.90 Å². The number of carbonyl (C=O) groups excluding carboxylic acids is 1. The third kappa shape index (κ3) is 5.31. The first-order chi connectivity index (χ1) is 14.9. The molecule has 10 heteroatoms. The highest BCUT2D eigenvalue weighted by Gasteiger charge is 2.31. The van der Waals surface area contributed by atoms with Crippen molar-refractivity contribution < 1.29 is 26.4 Å². The minimum absolute atomic E-state index is 0.0755. The molecular formula is C22H26F3N3O3S. The zero-order valence-corrected chi connectivity index (χ0v) is 19.0. The lowest BCUT2D eigenvalue weighted by atomic mass is 10.0. The van der Waals surface area contributed by atoms with E-state index in [9.17, 15) is 26.4 Å². The fourth-order valence-electron chi connectivity index (χ4n) is 3.74. The van der Waals surface area contributed by atoms with Crippen LogP contribution in [0.5, 0.6) is 0 Å². The Hall–Kier alpha value is -2.43. The molecule has 1 heterocycles. The van der Waals surface area contributed by atoms with Gasteiger partial charge in [-0.2, -0.15) is 13.2 Å². The number of carbonyl (C=O) groups is 1. The lowest BCUT2D eigenvalue weighted by Gasteiger charge is -2.35. The quantitative estimate of drug-likeness (QED) is 0.730. The number of aryl methyl sites for hydroxylation is 1. The number of sulfonamides is 1. The van der Waals surface area contributed by atoms with Gasteiger partial charge in [-0.1, -0.05) is 18.2 Å². The number of amides is 1. The van der Waals surface area contributed by atoms with E-state index >= 15 is 0 Å². The summed E-state index contributed by atoms with van der Waals surface area (Å²) in [6, 6.07) is 8.33. The van der Waals surface area contributed by atoms with Crippen LogP contribution in [-0.4, -0.2) is 57.4 Å². The first kappa shape index (κ1) is 24.2. The van der Waals surface area contributed by atoms with Crippen molar-refractivity contribution in [2.45, 2.75) is 31.5 Å². The molecule has 2 aromatic carbocycles. The number of rotatable bonds is 5. The van der Waals surface area contributed by atoms with Crippen molar-refractivity contribution in [1.82, 2.24) is 14.5 Å². The second-order valence-corrected chi connectivity index (χ2v) is 9.75. The standard InChI is InChI=1S/C22H26F3N3O3S/c1-15-11-18(13-20(16(15)2)32(30,31)26-3)21(29)28-9-7-27(8-10-28)14-17-5-4-6-19(12-17)22(23,24)25/h4-6,11-13,26H,7-10,14H2,1-3H3. The van der Waals surface area contributed by atoms with Gasteiger partial charge < -0.3 is 4.90 Å². The second kappa shape index (κ2) is 9.21. The summed E-state index contributed by atoms with van der Waals surface area (Å²) < 4.78 is 65.7. The summed E-state index contributed by atoms with van der Waals surface area (Å²) in [6.07, 6.45) is -4.38. The van der Waals surface area contributed by atoms with Crippen LogP contribution in [0.3, 0.4) is 0 Å². The van der Waals surface area contributed by atoms with Crippen LogP contribution in [0.1, 0.15) is 32.6 Å². The van der Waals surface area contributed by atoms with Crippen molar-refractivity contribution in [3.63, 3.8) is 0 Å². The van der Waals surface area contributed by atoms with Gasteiger partial charge in [0.25, 0.3) is 5.91 Å². The highest BCUT2D eigenvalue weighted by Crippen LogP contribution is 2.30. The monoisotopic (exact) mass is 469 g/mol. The molecule has 0 aromatic heterocycles. The minimum atomic E-state index is -4.38. The molecule has 0 bridgehead atoms. The second-order valence-electron chi connectivity index (χ2n) is 7.89. The van der Waals surface area contributed by atoms with Gasteiger partial charge in [0.05, 0.1) is 10.5 Å². The summed E-state index contributed by atoms with van der Waals surface area (Å²) in [7, 11) is -2.38. The predicted molar refractivity (Wildman–Crippen MR) is 115 cm³/mol. The van der Waals surface area contributed by atoms with Crippen LogP contribution in [0.2, 0.25) is 0 Å². The van der Waals surface area contributed by atoms with Crippen LogP contribution in [0.25, 0.3) is 0 Å². The third-order valence-electron chi connectivity index (χ3n) is 5.74. The van der Waals surface area contributed by atoms with Crippen LogP contribution in [0.4, 0.5) is 13.2 Å². The number of piperazine rings is 1. The van der Waals surface area contributed by atoms with E-state index < -0.39 is 21.8 Å². The molecule has 1 aliphatic heterocycles. The average molecular weight is 470 g/mol. The molecule has 3 rings (SSSR count). The van der Waals surface area contributed by atoms with Gasteiger partial charge in [0, 0.05) is 38.3 Å². The van der Waals surface area contributed by atoms with Gasteiger partial charge in [-0.05, 0) is 55.8 Å². The molecule has 0 radical (unpaired) electrons. The Kier molecular flexibility index (Phi) is 6.97. The van der Waals surface area contributed by atoms with Gasteiger partial charge in [0.1, 0.15) is 0 Å². The highest BCUT2D eigenvalue weighted by atomic mass is 32.2. The van der Waals surface area contributed by atoms with Crippen molar-refractivity contribution in [2.24, 2.45) is 0 Å². The molecule has 6 nitrogen and oxygen atoms in total. The Bertz CT molecular complexity index is 1110. The summed E-state index contributed by atoms with van der Waals surface area (Å²) in [6.45, 7) is 5.63. The Morgan fingerprint density at radius 2 is 1.72 bits per heavy atom. The molecule has 0 unspecified atom stereocenters. The lowest BCUT2D eigenvalue weighted by Crippen LogP contribution is -2.48. The predicted octanol–water partition coefficient (Wildman–Crippen LogP) is 3.19. The van der Waals surface area contributed by atoms with E-state index in [4.69, 9.17) is 0 Å². The molecule has 0 atom stereocenters. The molecule has 0 spiro atoms. The largest absolute Gasteiger partial charge is 0.416 e. The number of hydrogen-bond acceptors (Lipinski definition) is 4. The van der Waals surface area contributed by atoms with Crippen LogP contribution in [0, 0.1) is 13.8 Å². The van der Waals surface area contributed by atoms with Gasteiger partial charge in [-0.25, -0.2) is 13.1 Å². The number of halogens is 3. The van der Waals surface area contributed by atoms with Crippen molar-refractivity contribution in [3.8, 4) is 0 Å². The topological polar surface area (TPSA) is 69.7 Å². The Balaban J connectivity index is 1.69. The van der Waals surface area contributed by atoms with Gasteiger partial charge >= 0.3 is 6.18 Å². The fourth-order valence-corrected chi connectivity index (χ4v) is 4.80. The molecule has 1 fully saturated rings. The zero-order chi connectivity index (χ0) is 23.7. The average Bonchev–Trinajstić information content (AvgIpc) is 2.75. The molecular weight excluding hydrogens is 443 g/mol. The summed E-state index contributed by atoms with van der Waals surface area (Å²) in [5, 5.41) is 0. The van der Waals surface area contributed by atoms with E-state index in [0.29, 0.717) is 55.0 Å². The Morgan fingerprint density at radius 1 is 1.06 bits per heavy atom. The Labute approximate surface area is 186 Å². The van der Waals surface area contributed by atoms with E-state index in [1.165, 1.54) is 19.2 Å². The minimum Gasteiger partial charge on any atom is -0.336 e. The number of hydrogen-bond donors (Lipinski definition) is 1. The first-order valence-electron chi connectivity index (χ1n) is 10.1. The van der Waals surface area contributed by atoms with Gasteiger partial charge in [0.15, 0.2) is 0 Å². The number of nitrogens with one attached hydrogen (secondary N) is 1. The SMILES string of the molecule is CNS(=O)(=O)c1cc(C(=O)N2CCN(Cc3cccc(C(F)(F)F)c3)CC2)cc(C)c1C. The van der Waals surface area contributed by atoms with Crippen molar-refractivity contribution in [3.05, 3.63) is 64.2 Å². The number of nitrogens with zero attached hydrogens (tertiary/aromatic N) is 2. The zero-order valence-electron chi connectivity index (χ0n) is 18.2. The van der Waals surface area contributed by atoms with E-state index in [-0.39, 0.29) is 10.8 Å². The van der Waals surface area contributed by atoms with Crippen molar-refractivity contribution in [1.29, 1.82) is 0 Å². The normalized spacial score (nSPS) is 15.8. The van der Waals surface area contributed by atoms with Crippen LogP contribution in [0.15, 0.2) is 41.3 Å². The molecule has 2 aromatic rings. The number of benzene rings is 2. The highest BCUT2D eigenvalue weighted by molar-refractivity contribution is 7.89. The number of alkyl halides is 3. The summed E-state index contributed by atoms with van der Waals surface area (Å²) >= 11 is 0. The molecule has 32 heavy (non-hydrogen) atoms. The fraction of sp³-hybridized carbons (Fsp3) is 0.409. The summed E-state index contributed by atoms with van der Waals surface area (Å²) in [4.78, 5) is 16.7. The van der Waals surface area contributed by atoms with Gasteiger partial charge in [0.2, 0.25) is 10.0 Å². The molecule has 0 aliphatic carbocycles. The maximum absolute atomic E-state index is 13.0. The van der Waals surface area contributed by atoms with Crippen molar-refractivity contribution in [2.75, 3.05) is 33.2 Å². The van der Waals surface area contributed by atoms with E-state index in [0.717, 1.165) is 12.1 Å². The molecule has 1 saturated heterocycles. The van der Waals surface area contributed by atoms with Crippen LogP contribution >= 0.6 is 0 Å². The molecule has 0 saturated carbocycles. The van der Waals surface area contributed by atoms with Crippen molar-refractivity contribution >= 4 is 15.9 Å². The summed E-state index contributed by atoms with van der Waals surface area (Å²) in [5.74, 6) is -0.264. The van der Waals surface area contributed by atoms with Crippen LogP contribution in [-0.2, 0) is 22.7 Å². The van der Waals surface area contributed by atoms with Gasteiger partial charge in [-0.15, -0.1) is 0 Å². The first-order valence-corrected chi connectivity index (χ1v) is 11.6. The van der Waals surface area contributed by atoms with Crippen LogP contribution < -0.4 is 4.72 Å². The smallest absolute Gasteiger partial charge is 0.336 e. The molecule has 1 N–H and O–H groups in total. The maximum atomic E-state index is 13.0. The third-order valence-corrected chi connectivity index (χ3v) is 7.29. The maximum Gasteiger partial charge on any atom is 0.416 e. The molecule has 1 amide bonds. The molecule has 1 aliphatic rings. The summed E-state index contributed by atoms with van der Waals surface area (Å²) in [5.41, 5.74) is 1.48. The molecule has 174 valence electrons. The van der Waals surface area contributed by atoms with Gasteiger partial charge in [-0.3, -0.25) is 9.69 Å². The Morgan fingerprint density at radius 3 is 2.31 bits per heavy atom. The van der Waals surface area contributed by atoms with E-state index in [1.54, 1.807) is 30.9 Å².